The molecule has 0 aliphatic carbocycles. The van der Waals surface area contributed by atoms with Crippen molar-refractivity contribution in [1.82, 2.24) is 5.43 Å². The minimum absolute atomic E-state index is 0.0328. The number of hydrogen-bond donors (Lipinski definition) is 1. The van der Waals surface area contributed by atoms with E-state index in [2.05, 4.69) is 10.5 Å². The van der Waals surface area contributed by atoms with E-state index in [1.54, 1.807) is 48.5 Å². The van der Waals surface area contributed by atoms with Gasteiger partial charge in [-0.2, -0.15) is 5.10 Å². The first-order valence-electron chi connectivity index (χ1n) is 8.33. The smallest absolute Gasteiger partial charge is 0.272 e. The molecule has 0 radical (unpaired) electrons. The fraction of sp³-hybridized carbons (Fsp3) is 0. The summed E-state index contributed by atoms with van der Waals surface area (Å²) < 4.78 is 0. The summed E-state index contributed by atoms with van der Waals surface area (Å²) in [5, 5.41) is 14.5. The Labute approximate surface area is 160 Å². The summed E-state index contributed by atoms with van der Waals surface area (Å²) in [5.41, 5.74) is 3.89. The van der Waals surface area contributed by atoms with Crippen molar-refractivity contribution < 1.29 is 14.5 Å². The molecule has 0 atom stereocenters. The Hall–Kier alpha value is -4.13. The van der Waals surface area contributed by atoms with Crippen LogP contribution in [0, 0.1) is 10.1 Å². The number of nitro groups is 1. The van der Waals surface area contributed by atoms with E-state index in [-0.39, 0.29) is 22.6 Å². The third kappa shape index (κ3) is 4.34. The van der Waals surface area contributed by atoms with Gasteiger partial charge >= 0.3 is 0 Å². The predicted octanol–water partition coefficient (Wildman–Crippen LogP) is 3.59. The molecule has 7 nitrogen and oxygen atoms in total. The molecule has 1 amide bonds. The number of ketones is 1. The van der Waals surface area contributed by atoms with Crippen LogP contribution in [0.1, 0.15) is 31.8 Å². The number of carbonyl (C=O) groups excluding carboxylic acids is 2. The summed E-state index contributed by atoms with van der Waals surface area (Å²) in [7, 11) is 0. The second-order valence-corrected chi connectivity index (χ2v) is 5.79. The number of hydrogen-bond acceptors (Lipinski definition) is 5. The fourth-order valence-corrected chi connectivity index (χ4v) is 2.53. The highest BCUT2D eigenvalue weighted by atomic mass is 16.6. The van der Waals surface area contributed by atoms with Gasteiger partial charge in [-0.05, 0) is 23.8 Å². The lowest BCUT2D eigenvalue weighted by molar-refractivity contribution is -0.384. The van der Waals surface area contributed by atoms with Crippen molar-refractivity contribution in [2.24, 2.45) is 5.10 Å². The first-order chi connectivity index (χ1) is 13.6. The Morgan fingerprint density at radius 1 is 0.857 bits per heavy atom. The van der Waals surface area contributed by atoms with Crippen LogP contribution in [-0.4, -0.2) is 22.8 Å². The van der Waals surface area contributed by atoms with Crippen LogP contribution < -0.4 is 5.43 Å². The zero-order chi connectivity index (χ0) is 19.9. The highest BCUT2D eigenvalue weighted by Gasteiger charge is 2.17. The van der Waals surface area contributed by atoms with Gasteiger partial charge < -0.3 is 0 Å². The number of rotatable bonds is 6. The quantitative estimate of drug-likeness (QED) is 0.309. The van der Waals surface area contributed by atoms with Crippen LogP contribution >= 0.6 is 0 Å². The van der Waals surface area contributed by atoms with E-state index in [0.29, 0.717) is 11.1 Å². The Morgan fingerprint density at radius 2 is 1.46 bits per heavy atom. The lowest BCUT2D eigenvalue weighted by Crippen LogP contribution is -2.21. The van der Waals surface area contributed by atoms with Gasteiger partial charge in [-0.15, -0.1) is 0 Å². The molecule has 0 heterocycles. The van der Waals surface area contributed by atoms with Gasteiger partial charge in [0.1, 0.15) is 0 Å². The average Bonchev–Trinajstić information content (AvgIpc) is 2.74. The van der Waals surface area contributed by atoms with Crippen molar-refractivity contribution in [1.29, 1.82) is 0 Å². The van der Waals surface area contributed by atoms with Crippen molar-refractivity contribution >= 4 is 23.6 Å². The van der Waals surface area contributed by atoms with Gasteiger partial charge in [0.25, 0.3) is 11.6 Å². The summed E-state index contributed by atoms with van der Waals surface area (Å²) in [5.74, 6) is -0.788. The van der Waals surface area contributed by atoms with Crippen LogP contribution in [0.3, 0.4) is 0 Å². The average molecular weight is 373 g/mol. The largest absolute Gasteiger partial charge is 0.289 e. The molecule has 7 heteroatoms. The second-order valence-electron chi connectivity index (χ2n) is 5.79. The Kier molecular flexibility index (Phi) is 5.66. The molecule has 0 aliphatic rings. The zero-order valence-electron chi connectivity index (χ0n) is 14.6. The first kappa shape index (κ1) is 18.7. The number of benzene rings is 3. The number of nitrogens with one attached hydrogen (secondary N) is 1. The molecule has 0 spiro atoms. The number of amides is 1. The molecule has 3 aromatic rings. The maximum Gasteiger partial charge on any atom is 0.272 e. The minimum atomic E-state index is -0.530. The Bertz CT molecular complexity index is 1040. The third-order valence-corrected chi connectivity index (χ3v) is 3.94. The molecule has 0 aliphatic heterocycles. The second kappa shape index (κ2) is 8.50. The summed E-state index contributed by atoms with van der Waals surface area (Å²) in [6.45, 7) is 0. The summed E-state index contributed by atoms with van der Waals surface area (Å²) in [4.78, 5) is 35.3. The van der Waals surface area contributed by atoms with E-state index >= 15 is 0 Å². The number of non-ortho nitro benzene ring substituents is 1. The van der Waals surface area contributed by atoms with E-state index in [9.17, 15) is 19.7 Å². The Balaban J connectivity index is 1.74. The molecule has 0 saturated heterocycles. The van der Waals surface area contributed by atoms with Gasteiger partial charge in [-0.1, -0.05) is 48.5 Å². The first-order valence-corrected chi connectivity index (χ1v) is 8.33. The van der Waals surface area contributed by atoms with Gasteiger partial charge in [0, 0.05) is 23.3 Å². The topological polar surface area (TPSA) is 102 Å². The van der Waals surface area contributed by atoms with Gasteiger partial charge in [0.2, 0.25) is 0 Å². The van der Waals surface area contributed by atoms with Crippen molar-refractivity contribution in [2.45, 2.75) is 0 Å². The van der Waals surface area contributed by atoms with Gasteiger partial charge in [-0.25, -0.2) is 5.43 Å². The minimum Gasteiger partial charge on any atom is -0.289 e. The molecular formula is C21H15N3O4. The van der Waals surface area contributed by atoms with Crippen LogP contribution in [0.2, 0.25) is 0 Å². The van der Waals surface area contributed by atoms with Gasteiger partial charge in [0.05, 0.1) is 16.7 Å². The zero-order valence-corrected chi connectivity index (χ0v) is 14.6. The van der Waals surface area contributed by atoms with Crippen LogP contribution in [-0.2, 0) is 0 Å². The predicted molar refractivity (Wildman–Crippen MR) is 104 cm³/mol. The lowest BCUT2D eigenvalue weighted by Gasteiger charge is -2.07. The third-order valence-electron chi connectivity index (χ3n) is 3.94. The molecule has 28 heavy (non-hydrogen) atoms. The van der Waals surface area contributed by atoms with E-state index in [4.69, 9.17) is 0 Å². The molecule has 138 valence electrons. The van der Waals surface area contributed by atoms with Gasteiger partial charge in [-0.3, -0.25) is 19.7 Å². The van der Waals surface area contributed by atoms with E-state index in [1.165, 1.54) is 30.5 Å². The van der Waals surface area contributed by atoms with Crippen LogP contribution in [0.4, 0.5) is 5.69 Å². The maximum atomic E-state index is 12.7. The molecule has 0 bridgehead atoms. The Morgan fingerprint density at radius 3 is 2.11 bits per heavy atom. The normalized spacial score (nSPS) is 10.6. The molecule has 0 unspecified atom stereocenters. The van der Waals surface area contributed by atoms with Gasteiger partial charge in [0.15, 0.2) is 5.78 Å². The fourth-order valence-electron chi connectivity index (χ4n) is 2.53. The van der Waals surface area contributed by atoms with E-state index in [1.807, 2.05) is 6.07 Å². The molecule has 3 rings (SSSR count). The van der Waals surface area contributed by atoms with E-state index < -0.39 is 10.8 Å². The monoisotopic (exact) mass is 373 g/mol. The molecule has 0 aromatic heterocycles. The number of carbonyl (C=O) groups is 2. The number of nitro benzene ring substituents is 1. The highest BCUT2D eigenvalue weighted by Crippen LogP contribution is 2.15. The van der Waals surface area contributed by atoms with Crippen LogP contribution in [0.5, 0.6) is 0 Å². The van der Waals surface area contributed by atoms with Crippen molar-refractivity contribution in [3.8, 4) is 0 Å². The molecule has 3 aromatic carbocycles. The van der Waals surface area contributed by atoms with Crippen molar-refractivity contribution in [2.75, 3.05) is 0 Å². The van der Waals surface area contributed by atoms with Crippen LogP contribution in [0.25, 0.3) is 0 Å². The standard InChI is InChI=1S/C21H15N3O4/c25-20(16-6-2-1-3-7-16)18-8-4-5-9-19(18)21(26)23-22-14-15-10-12-17(13-11-15)24(27)28/h1-14H,(H,23,26)/b22-14+. The molecule has 0 saturated carbocycles. The molecular weight excluding hydrogens is 358 g/mol. The summed E-state index contributed by atoms with van der Waals surface area (Å²) in [6.07, 6.45) is 1.36. The van der Waals surface area contributed by atoms with Crippen molar-refractivity contribution in [3.63, 3.8) is 0 Å². The SMILES string of the molecule is O=C(N/N=C/c1ccc([N+](=O)[O-])cc1)c1ccccc1C(=O)c1ccccc1. The lowest BCUT2D eigenvalue weighted by atomic mass is 9.98. The van der Waals surface area contributed by atoms with Crippen molar-refractivity contribution in [3.05, 3.63) is 111 Å². The highest BCUT2D eigenvalue weighted by molar-refractivity contribution is 6.15. The van der Waals surface area contributed by atoms with Crippen LogP contribution in [0.15, 0.2) is 84.0 Å². The summed E-state index contributed by atoms with van der Waals surface area (Å²) >= 11 is 0. The maximum absolute atomic E-state index is 12.7. The summed E-state index contributed by atoms with van der Waals surface area (Å²) in [6, 6.07) is 20.9. The number of nitrogens with zero attached hydrogens (tertiary/aromatic N) is 2. The number of hydrazone groups is 1. The van der Waals surface area contributed by atoms with E-state index in [0.717, 1.165) is 0 Å². The molecule has 1 N–H and O–H groups in total. The molecule has 0 fully saturated rings.